The summed E-state index contributed by atoms with van der Waals surface area (Å²) in [5.74, 6) is -0.0833. The maximum atomic E-state index is 13.2. The van der Waals surface area contributed by atoms with E-state index in [1.165, 1.54) is 17.8 Å². The second kappa shape index (κ2) is 9.22. The van der Waals surface area contributed by atoms with Crippen molar-refractivity contribution < 1.29 is 13.2 Å². The lowest BCUT2D eigenvalue weighted by Crippen LogP contribution is -2.32. The van der Waals surface area contributed by atoms with Crippen LogP contribution in [0, 0.1) is 13.8 Å². The fourth-order valence-electron chi connectivity index (χ4n) is 3.51. The van der Waals surface area contributed by atoms with Crippen molar-refractivity contribution in [1.82, 2.24) is 4.90 Å². The SMILES string of the molecule is CSc1ccc(S(=O)(=O)Nc2cc(C)ccc2C)cc1C(=O)N1CCCCCC1. The lowest BCUT2D eigenvalue weighted by Gasteiger charge is -2.22. The highest BCUT2D eigenvalue weighted by Crippen LogP contribution is 2.28. The van der Waals surface area contributed by atoms with Crippen LogP contribution < -0.4 is 4.72 Å². The van der Waals surface area contributed by atoms with Crippen molar-refractivity contribution in [3.05, 3.63) is 53.1 Å². The summed E-state index contributed by atoms with van der Waals surface area (Å²) in [4.78, 5) is 15.9. The minimum absolute atomic E-state index is 0.0833. The van der Waals surface area contributed by atoms with Gasteiger partial charge in [-0.1, -0.05) is 25.0 Å². The molecule has 0 bridgehead atoms. The number of rotatable bonds is 5. The van der Waals surface area contributed by atoms with Gasteiger partial charge >= 0.3 is 0 Å². The first-order valence-electron chi connectivity index (χ1n) is 9.89. The molecular formula is C22H28N2O3S2. The van der Waals surface area contributed by atoms with Crippen LogP contribution in [0.3, 0.4) is 0 Å². The Balaban J connectivity index is 1.94. The molecule has 0 aliphatic carbocycles. The quantitative estimate of drug-likeness (QED) is 0.687. The van der Waals surface area contributed by atoms with Crippen LogP contribution in [-0.4, -0.2) is 38.6 Å². The Kier molecular flexibility index (Phi) is 6.90. The molecule has 1 aliphatic heterocycles. The average molecular weight is 433 g/mol. The Morgan fingerprint density at radius 3 is 2.34 bits per heavy atom. The van der Waals surface area contributed by atoms with Gasteiger partial charge in [-0.2, -0.15) is 0 Å². The Bertz CT molecular complexity index is 995. The standard InChI is InChI=1S/C22H28N2O3S2/c1-16-8-9-17(2)20(14-16)23-29(26,27)18-10-11-21(28-3)19(15-18)22(25)24-12-6-4-5-7-13-24/h8-11,14-15,23H,4-7,12-13H2,1-3H3. The molecule has 156 valence electrons. The summed E-state index contributed by atoms with van der Waals surface area (Å²) in [6, 6.07) is 10.5. The molecule has 0 spiro atoms. The van der Waals surface area contributed by atoms with E-state index in [-0.39, 0.29) is 10.8 Å². The molecule has 1 heterocycles. The number of thioether (sulfide) groups is 1. The number of likely N-dealkylation sites (tertiary alicyclic amines) is 1. The predicted molar refractivity (Wildman–Crippen MR) is 119 cm³/mol. The van der Waals surface area contributed by atoms with Gasteiger partial charge < -0.3 is 4.90 Å². The number of hydrogen-bond donors (Lipinski definition) is 1. The van der Waals surface area contributed by atoms with E-state index in [4.69, 9.17) is 0 Å². The number of benzene rings is 2. The zero-order valence-electron chi connectivity index (χ0n) is 17.2. The van der Waals surface area contributed by atoms with Crippen molar-refractivity contribution in [3.8, 4) is 0 Å². The van der Waals surface area contributed by atoms with Gasteiger partial charge in [-0.15, -0.1) is 11.8 Å². The molecular weight excluding hydrogens is 404 g/mol. The molecule has 2 aromatic carbocycles. The minimum Gasteiger partial charge on any atom is -0.339 e. The maximum Gasteiger partial charge on any atom is 0.261 e. The highest BCUT2D eigenvalue weighted by Gasteiger charge is 2.23. The van der Waals surface area contributed by atoms with Crippen molar-refractivity contribution in [2.75, 3.05) is 24.1 Å². The summed E-state index contributed by atoms with van der Waals surface area (Å²) in [6.45, 7) is 5.24. The molecule has 1 aliphatic rings. The molecule has 1 saturated heterocycles. The van der Waals surface area contributed by atoms with Crippen molar-refractivity contribution in [1.29, 1.82) is 0 Å². The van der Waals surface area contributed by atoms with E-state index < -0.39 is 10.0 Å². The van der Waals surface area contributed by atoms with Gasteiger partial charge in [-0.3, -0.25) is 9.52 Å². The Hall–Kier alpha value is -1.99. The summed E-state index contributed by atoms with van der Waals surface area (Å²) in [5, 5.41) is 0. The fourth-order valence-corrected chi connectivity index (χ4v) is 5.23. The number of sulfonamides is 1. The van der Waals surface area contributed by atoms with Crippen LogP contribution in [0.2, 0.25) is 0 Å². The molecule has 29 heavy (non-hydrogen) atoms. The van der Waals surface area contributed by atoms with Crippen LogP contribution in [-0.2, 0) is 10.0 Å². The average Bonchev–Trinajstić information content (AvgIpc) is 2.99. The normalized spacial score (nSPS) is 15.1. The number of amides is 1. The smallest absolute Gasteiger partial charge is 0.261 e. The number of carbonyl (C=O) groups is 1. The molecule has 0 radical (unpaired) electrons. The van der Waals surface area contributed by atoms with E-state index in [0.29, 0.717) is 11.3 Å². The third kappa shape index (κ3) is 5.14. The first kappa shape index (κ1) is 21.7. The number of nitrogens with zero attached hydrogens (tertiary/aromatic N) is 1. The van der Waals surface area contributed by atoms with Crippen LogP contribution in [0.1, 0.15) is 47.2 Å². The van der Waals surface area contributed by atoms with Crippen molar-refractivity contribution >= 4 is 33.4 Å². The first-order chi connectivity index (χ1) is 13.8. The number of carbonyl (C=O) groups excluding carboxylic acids is 1. The lowest BCUT2D eigenvalue weighted by molar-refractivity contribution is 0.0758. The Morgan fingerprint density at radius 1 is 1.00 bits per heavy atom. The monoisotopic (exact) mass is 432 g/mol. The number of nitrogens with one attached hydrogen (secondary N) is 1. The van der Waals surface area contributed by atoms with Crippen LogP contribution in [0.15, 0.2) is 46.2 Å². The maximum absolute atomic E-state index is 13.2. The zero-order chi connectivity index (χ0) is 21.0. The Labute approximate surface area is 177 Å². The molecule has 1 N–H and O–H groups in total. The van der Waals surface area contributed by atoms with Crippen LogP contribution in [0.5, 0.6) is 0 Å². The van der Waals surface area contributed by atoms with Crippen LogP contribution >= 0.6 is 11.8 Å². The molecule has 0 saturated carbocycles. The van der Waals surface area contributed by atoms with E-state index in [0.717, 1.165) is 54.8 Å². The van der Waals surface area contributed by atoms with Gasteiger partial charge in [0.15, 0.2) is 0 Å². The van der Waals surface area contributed by atoms with E-state index in [9.17, 15) is 13.2 Å². The van der Waals surface area contributed by atoms with E-state index in [1.54, 1.807) is 12.1 Å². The van der Waals surface area contributed by atoms with Crippen LogP contribution in [0.4, 0.5) is 5.69 Å². The number of aryl methyl sites for hydroxylation is 2. The molecule has 0 unspecified atom stereocenters. The second-order valence-electron chi connectivity index (χ2n) is 7.49. The van der Waals surface area contributed by atoms with E-state index >= 15 is 0 Å². The van der Waals surface area contributed by atoms with Gasteiger partial charge in [0.1, 0.15) is 0 Å². The third-order valence-corrected chi connectivity index (χ3v) is 7.40. The van der Waals surface area contributed by atoms with E-state index in [1.807, 2.05) is 43.2 Å². The fraction of sp³-hybridized carbons (Fsp3) is 0.409. The summed E-state index contributed by atoms with van der Waals surface area (Å²) >= 11 is 1.46. The molecule has 5 nitrogen and oxygen atoms in total. The topological polar surface area (TPSA) is 66.5 Å². The molecule has 0 aromatic heterocycles. The van der Waals surface area contributed by atoms with Gasteiger partial charge in [0, 0.05) is 18.0 Å². The first-order valence-corrected chi connectivity index (χ1v) is 12.6. The summed E-state index contributed by atoms with van der Waals surface area (Å²) in [6.07, 6.45) is 6.15. The van der Waals surface area contributed by atoms with Crippen molar-refractivity contribution in [2.24, 2.45) is 0 Å². The molecule has 2 aromatic rings. The summed E-state index contributed by atoms with van der Waals surface area (Å²) in [7, 11) is -3.80. The van der Waals surface area contributed by atoms with Gasteiger partial charge in [0.05, 0.1) is 16.1 Å². The van der Waals surface area contributed by atoms with Gasteiger partial charge in [0.2, 0.25) is 0 Å². The molecule has 3 rings (SSSR count). The number of anilines is 1. The molecule has 1 fully saturated rings. The van der Waals surface area contributed by atoms with E-state index in [2.05, 4.69) is 4.72 Å². The predicted octanol–water partition coefficient (Wildman–Crippen LogP) is 4.84. The van der Waals surface area contributed by atoms with Gasteiger partial charge in [0.25, 0.3) is 15.9 Å². The highest BCUT2D eigenvalue weighted by atomic mass is 32.2. The largest absolute Gasteiger partial charge is 0.339 e. The van der Waals surface area contributed by atoms with Gasteiger partial charge in [-0.25, -0.2) is 8.42 Å². The molecule has 0 atom stereocenters. The molecule has 1 amide bonds. The summed E-state index contributed by atoms with van der Waals surface area (Å²) in [5.41, 5.74) is 2.84. The minimum atomic E-state index is -3.80. The van der Waals surface area contributed by atoms with Crippen molar-refractivity contribution in [3.63, 3.8) is 0 Å². The Morgan fingerprint density at radius 2 is 1.69 bits per heavy atom. The lowest BCUT2D eigenvalue weighted by atomic mass is 10.1. The second-order valence-corrected chi connectivity index (χ2v) is 10.0. The number of hydrogen-bond acceptors (Lipinski definition) is 4. The molecule has 7 heteroatoms. The highest BCUT2D eigenvalue weighted by molar-refractivity contribution is 7.98. The van der Waals surface area contributed by atoms with Crippen LogP contribution in [0.25, 0.3) is 0 Å². The summed E-state index contributed by atoms with van der Waals surface area (Å²) < 4.78 is 28.7. The third-order valence-electron chi connectivity index (χ3n) is 5.24. The zero-order valence-corrected chi connectivity index (χ0v) is 18.8. The van der Waals surface area contributed by atoms with Crippen molar-refractivity contribution in [2.45, 2.75) is 49.3 Å². The van der Waals surface area contributed by atoms with Gasteiger partial charge in [-0.05, 0) is 68.3 Å².